The summed E-state index contributed by atoms with van der Waals surface area (Å²) in [6, 6.07) is 17.9. The molecule has 5 heteroatoms. The summed E-state index contributed by atoms with van der Waals surface area (Å²) in [5, 5.41) is 7.23. The van der Waals surface area contributed by atoms with Gasteiger partial charge in [0.1, 0.15) is 5.82 Å². The fraction of sp³-hybridized carbons (Fsp3) is 0.158. The minimum atomic E-state index is 0.559. The van der Waals surface area contributed by atoms with Crippen molar-refractivity contribution in [2.75, 3.05) is 10.6 Å². The van der Waals surface area contributed by atoms with Crippen LogP contribution in [0.25, 0.3) is 0 Å². The number of hydrogen-bond acceptors (Lipinski definition) is 4. The van der Waals surface area contributed by atoms with Crippen LogP contribution in [0.15, 0.2) is 60.8 Å². The van der Waals surface area contributed by atoms with Crippen LogP contribution in [-0.2, 0) is 13.0 Å². The molecule has 0 aliphatic rings. The molecule has 0 saturated heterocycles. The fourth-order valence-electron chi connectivity index (χ4n) is 2.30. The molecule has 0 atom stereocenters. The van der Waals surface area contributed by atoms with Crippen LogP contribution in [0.1, 0.15) is 18.1 Å². The predicted octanol–water partition coefficient (Wildman–Crippen LogP) is 5.05. The van der Waals surface area contributed by atoms with E-state index in [1.165, 1.54) is 5.56 Å². The Bertz CT molecular complexity index is 802. The quantitative estimate of drug-likeness (QED) is 0.660. The van der Waals surface area contributed by atoms with Gasteiger partial charge in [-0.2, -0.15) is 4.98 Å². The first-order valence-corrected chi connectivity index (χ1v) is 8.28. The Morgan fingerprint density at radius 3 is 2.54 bits per heavy atom. The van der Waals surface area contributed by atoms with Crippen molar-refractivity contribution in [3.8, 4) is 0 Å². The van der Waals surface area contributed by atoms with E-state index in [4.69, 9.17) is 11.6 Å². The SMILES string of the molecule is CCc1ccc(Nc2nccc(NCc3ccccc3Cl)n2)cc1. The molecule has 4 nitrogen and oxygen atoms in total. The average molecular weight is 339 g/mol. The number of rotatable bonds is 6. The molecule has 3 rings (SSSR count). The maximum Gasteiger partial charge on any atom is 0.229 e. The highest BCUT2D eigenvalue weighted by Crippen LogP contribution is 2.18. The van der Waals surface area contributed by atoms with Gasteiger partial charge in [-0.15, -0.1) is 0 Å². The molecule has 2 N–H and O–H groups in total. The molecule has 0 fully saturated rings. The van der Waals surface area contributed by atoms with Gasteiger partial charge in [-0.1, -0.05) is 48.9 Å². The molecule has 0 aliphatic heterocycles. The number of aryl methyl sites for hydroxylation is 1. The molecule has 0 bridgehead atoms. The van der Waals surface area contributed by atoms with E-state index in [-0.39, 0.29) is 0 Å². The lowest BCUT2D eigenvalue weighted by molar-refractivity contribution is 1.08. The largest absolute Gasteiger partial charge is 0.366 e. The highest BCUT2D eigenvalue weighted by atomic mass is 35.5. The van der Waals surface area contributed by atoms with Crippen molar-refractivity contribution in [2.45, 2.75) is 19.9 Å². The van der Waals surface area contributed by atoms with Gasteiger partial charge in [0.05, 0.1) is 0 Å². The molecular weight excluding hydrogens is 320 g/mol. The first-order chi connectivity index (χ1) is 11.7. The van der Waals surface area contributed by atoms with Gasteiger partial charge in [0, 0.05) is 23.5 Å². The zero-order chi connectivity index (χ0) is 16.8. The van der Waals surface area contributed by atoms with Gasteiger partial charge in [0.2, 0.25) is 5.95 Å². The van der Waals surface area contributed by atoms with Crippen LogP contribution in [0.4, 0.5) is 17.5 Å². The number of aromatic nitrogens is 2. The minimum Gasteiger partial charge on any atom is -0.366 e. The van der Waals surface area contributed by atoms with E-state index in [0.717, 1.165) is 28.5 Å². The van der Waals surface area contributed by atoms with E-state index < -0.39 is 0 Å². The third-order valence-corrected chi connectivity index (χ3v) is 4.06. The smallest absolute Gasteiger partial charge is 0.229 e. The molecule has 0 radical (unpaired) electrons. The van der Waals surface area contributed by atoms with Crippen LogP contribution >= 0.6 is 11.6 Å². The van der Waals surface area contributed by atoms with Crippen LogP contribution in [0.3, 0.4) is 0 Å². The van der Waals surface area contributed by atoms with E-state index >= 15 is 0 Å². The van der Waals surface area contributed by atoms with Crippen molar-refractivity contribution in [3.63, 3.8) is 0 Å². The molecule has 1 heterocycles. The number of anilines is 3. The van der Waals surface area contributed by atoms with Gasteiger partial charge < -0.3 is 10.6 Å². The van der Waals surface area contributed by atoms with Crippen LogP contribution in [0, 0.1) is 0 Å². The Hall–Kier alpha value is -2.59. The van der Waals surface area contributed by atoms with Crippen molar-refractivity contribution in [1.82, 2.24) is 9.97 Å². The van der Waals surface area contributed by atoms with E-state index in [0.29, 0.717) is 12.5 Å². The summed E-state index contributed by atoms with van der Waals surface area (Å²) in [6.45, 7) is 2.75. The van der Waals surface area contributed by atoms with Crippen LogP contribution in [0.5, 0.6) is 0 Å². The lowest BCUT2D eigenvalue weighted by atomic mass is 10.1. The lowest BCUT2D eigenvalue weighted by Gasteiger charge is -2.09. The molecule has 0 saturated carbocycles. The summed E-state index contributed by atoms with van der Waals surface area (Å²) >= 11 is 6.17. The number of nitrogens with zero attached hydrogens (tertiary/aromatic N) is 2. The van der Waals surface area contributed by atoms with Gasteiger partial charge in [-0.05, 0) is 41.8 Å². The third-order valence-electron chi connectivity index (χ3n) is 3.69. The molecule has 3 aromatic rings. The van der Waals surface area contributed by atoms with E-state index in [1.54, 1.807) is 6.20 Å². The monoisotopic (exact) mass is 338 g/mol. The van der Waals surface area contributed by atoms with Crippen LogP contribution < -0.4 is 10.6 Å². The Balaban J connectivity index is 1.66. The maximum absolute atomic E-state index is 6.17. The van der Waals surface area contributed by atoms with Crippen molar-refractivity contribution in [2.24, 2.45) is 0 Å². The summed E-state index contributed by atoms with van der Waals surface area (Å²) < 4.78 is 0. The van der Waals surface area contributed by atoms with E-state index in [9.17, 15) is 0 Å². The second-order valence-electron chi connectivity index (χ2n) is 5.39. The second kappa shape index (κ2) is 7.79. The van der Waals surface area contributed by atoms with Crippen LogP contribution in [-0.4, -0.2) is 9.97 Å². The van der Waals surface area contributed by atoms with Gasteiger partial charge in [0.25, 0.3) is 0 Å². The first-order valence-electron chi connectivity index (χ1n) is 7.91. The van der Waals surface area contributed by atoms with Gasteiger partial charge in [0.15, 0.2) is 0 Å². The highest BCUT2D eigenvalue weighted by molar-refractivity contribution is 6.31. The molecule has 122 valence electrons. The standard InChI is InChI=1S/C19H19ClN4/c1-2-14-7-9-16(10-8-14)23-19-21-12-11-18(24-19)22-13-15-5-3-4-6-17(15)20/h3-12H,2,13H2,1H3,(H2,21,22,23,24). The summed E-state index contributed by atoms with van der Waals surface area (Å²) in [7, 11) is 0. The number of benzene rings is 2. The second-order valence-corrected chi connectivity index (χ2v) is 5.79. The third kappa shape index (κ3) is 4.24. The Kier molecular flexibility index (Phi) is 5.29. The van der Waals surface area contributed by atoms with E-state index in [2.05, 4.69) is 39.7 Å². The minimum absolute atomic E-state index is 0.559. The molecule has 2 aromatic carbocycles. The molecule has 24 heavy (non-hydrogen) atoms. The van der Waals surface area contributed by atoms with Crippen LogP contribution in [0.2, 0.25) is 5.02 Å². The Morgan fingerprint density at radius 2 is 1.79 bits per heavy atom. The number of hydrogen-bond donors (Lipinski definition) is 2. The molecule has 0 amide bonds. The number of nitrogens with one attached hydrogen (secondary N) is 2. The summed E-state index contributed by atoms with van der Waals surface area (Å²) in [4.78, 5) is 8.74. The molecule has 0 unspecified atom stereocenters. The maximum atomic E-state index is 6.17. The first kappa shape index (κ1) is 16.3. The van der Waals surface area contributed by atoms with Crippen molar-refractivity contribution in [1.29, 1.82) is 0 Å². The van der Waals surface area contributed by atoms with Gasteiger partial charge >= 0.3 is 0 Å². The summed E-state index contributed by atoms with van der Waals surface area (Å²) in [5.41, 5.74) is 3.30. The Labute approximate surface area is 146 Å². The van der Waals surface area contributed by atoms with Crippen molar-refractivity contribution < 1.29 is 0 Å². The zero-order valence-corrected chi connectivity index (χ0v) is 14.2. The van der Waals surface area contributed by atoms with Crippen molar-refractivity contribution >= 4 is 29.1 Å². The summed E-state index contributed by atoms with van der Waals surface area (Å²) in [5.74, 6) is 1.31. The number of halogens is 1. The topological polar surface area (TPSA) is 49.8 Å². The van der Waals surface area contributed by atoms with E-state index in [1.807, 2.05) is 42.5 Å². The van der Waals surface area contributed by atoms with Gasteiger partial charge in [-0.25, -0.2) is 4.98 Å². The fourth-order valence-corrected chi connectivity index (χ4v) is 2.50. The average Bonchev–Trinajstić information content (AvgIpc) is 2.62. The van der Waals surface area contributed by atoms with Crippen molar-refractivity contribution in [3.05, 3.63) is 76.9 Å². The summed E-state index contributed by atoms with van der Waals surface area (Å²) in [6.07, 6.45) is 2.75. The molecular formula is C19H19ClN4. The lowest BCUT2D eigenvalue weighted by Crippen LogP contribution is -2.04. The predicted molar refractivity (Wildman–Crippen MR) is 99.9 cm³/mol. The van der Waals surface area contributed by atoms with Gasteiger partial charge in [-0.3, -0.25) is 0 Å². The molecule has 0 aliphatic carbocycles. The Morgan fingerprint density at radius 1 is 1.00 bits per heavy atom. The highest BCUT2D eigenvalue weighted by Gasteiger charge is 2.02. The molecule has 0 spiro atoms. The normalized spacial score (nSPS) is 10.4. The molecule has 1 aromatic heterocycles. The zero-order valence-electron chi connectivity index (χ0n) is 13.5.